The van der Waals surface area contributed by atoms with Crippen LogP contribution in [0.1, 0.15) is 55.7 Å². The highest BCUT2D eigenvalue weighted by Crippen LogP contribution is 2.57. The van der Waals surface area contributed by atoms with Gasteiger partial charge in [0.2, 0.25) is 0 Å². The van der Waals surface area contributed by atoms with E-state index < -0.39 is 0 Å². The molecule has 0 aliphatic heterocycles. The Morgan fingerprint density at radius 2 is 2.08 bits per heavy atom. The molecule has 1 saturated carbocycles. The Hall–Kier alpha value is -1.89. The van der Waals surface area contributed by atoms with E-state index in [4.69, 9.17) is 0 Å². The van der Waals surface area contributed by atoms with Gasteiger partial charge in [0.1, 0.15) is 5.78 Å². The largest absolute Gasteiger partial charge is 0.299 e. The first kappa shape index (κ1) is 15.4. The van der Waals surface area contributed by atoms with Gasteiger partial charge in [0.05, 0.1) is 0 Å². The Morgan fingerprint density at radius 3 is 2.84 bits per heavy atom. The minimum Gasteiger partial charge on any atom is -0.299 e. The summed E-state index contributed by atoms with van der Waals surface area (Å²) >= 11 is 0. The second-order valence-electron chi connectivity index (χ2n) is 8.47. The second-order valence-corrected chi connectivity index (χ2v) is 8.47. The van der Waals surface area contributed by atoms with Crippen LogP contribution in [0.2, 0.25) is 0 Å². The topological polar surface area (TPSA) is 17.1 Å². The number of Topliss-reactive ketones (excluding diaryl/α,β-unsaturated/α-hetero) is 1. The molecule has 25 heavy (non-hydrogen) atoms. The lowest BCUT2D eigenvalue weighted by molar-refractivity contribution is -0.131. The number of fused-ring (bicyclic) bond motifs is 5. The van der Waals surface area contributed by atoms with Crippen molar-refractivity contribution in [2.24, 2.45) is 11.3 Å². The maximum atomic E-state index is 13.1. The van der Waals surface area contributed by atoms with Gasteiger partial charge in [0.15, 0.2) is 0 Å². The number of carbonyl (C=O) groups is 1. The van der Waals surface area contributed by atoms with Crippen molar-refractivity contribution in [2.45, 2.75) is 58.3 Å². The van der Waals surface area contributed by atoms with Crippen LogP contribution in [0.5, 0.6) is 0 Å². The number of aryl methyl sites for hydroxylation is 1. The number of ketones is 1. The SMILES string of the molecule is CCCCc1cccc2cc3c(cc12)CC(=O)C1(CC2=CCC1C2)C3. The zero-order chi connectivity index (χ0) is 17.0. The lowest BCUT2D eigenvalue weighted by Gasteiger charge is -2.39. The van der Waals surface area contributed by atoms with E-state index in [0.717, 1.165) is 25.7 Å². The number of hydrogen-bond donors (Lipinski definition) is 0. The molecule has 3 aliphatic carbocycles. The monoisotopic (exact) mass is 330 g/mol. The summed E-state index contributed by atoms with van der Waals surface area (Å²) in [4.78, 5) is 13.1. The summed E-state index contributed by atoms with van der Waals surface area (Å²) in [6.45, 7) is 2.25. The fraction of sp³-hybridized carbons (Fsp3) is 0.458. The molecule has 1 nitrogen and oxygen atoms in total. The summed E-state index contributed by atoms with van der Waals surface area (Å²) in [5, 5.41) is 2.73. The third-order valence-electron chi connectivity index (χ3n) is 7.03. The minimum absolute atomic E-state index is 0.0649. The van der Waals surface area contributed by atoms with Crippen LogP contribution in [-0.4, -0.2) is 5.78 Å². The minimum atomic E-state index is -0.0649. The molecule has 1 spiro atoms. The number of rotatable bonds is 3. The summed E-state index contributed by atoms with van der Waals surface area (Å²) < 4.78 is 0. The highest BCUT2D eigenvalue weighted by molar-refractivity contribution is 5.94. The molecule has 2 aromatic carbocycles. The summed E-state index contributed by atoms with van der Waals surface area (Å²) in [5.41, 5.74) is 5.66. The van der Waals surface area contributed by atoms with Gasteiger partial charge < -0.3 is 0 Å². The Morgan fingerprint density at radius 1 is 1.16 bits per heavy atom. The first-order valence-electron chi connectivity index (χ1n) is 9.94. The molecule has 0 saturated heterocycles. The first-order valence-corrected chi connectivity index (χ1v) is 9.94. The van der Waals surface area contributed by atoms with E-state index in [2.05, 4.69) is 43.3 Å². The van der Waals surface area contributed by atoms with Crippen molar-refractivity contribution in [1.82, 2.24) is 0 Å². The second kappa shape index (κ2) is 5.56. The van der Waals surface area contributed by atoms with Gasteiger partial charge in [-0.1, -0.05) is 55.3 Å². The Kier molecular flexibility index (Phi) is 3.42. The molecular formula is C24H26O. The molecule has 2 unspecified atom stereocenters. The average Bonchev–Trinajstić information content (AvgIpc) is 3.21. The molecule has 0 radical (unpaired) electrons. The molecule has 128 valence electrons. The van der Waals surface area contributed by atoms with Crippen LogP contribution in [0.3, 0.4) is 0 Å². The lowest BCUT2D eigenvalue weighted by Crippen LogP contribution is -2.42. The van der Waals surface area contributed by atoms with E-state index in [-0.39, 0.29) is 5.41 Å². The molecule has 1 fully saturated rings. The third kappa shape index (κ3) is 2.25. The van der Waals surface area contributed by atoms with Gasteiger partial charge in [0, 0.05) is 11.8 Å². The summed E-state index contributed by atoms with van der Waals surface area (Å²) in [6, 6.07) is 11.4. The van der Waals surface area contributed by atoms with E-state index >= 15 is 0 Å². The summed E-state index contributed by atoms with van der Waals surface area (Å²) in [7, 11) is 0. The van der Waals surface area contributed by atoms with Gasteiger partial charge in [0.25, 0.3) is 0 Å². The quantitative estimate of drug-likeness (QED) is 0.672. The smallest absolute Gasteiger partial charge is 0.144 e. The van der Waals surface area contributed by atoms with Gasteiger partial charge in [-0.3, -0.25) is 4.79 Å². The number of unbranched alkanes of at least 4 members (excludes halogenated alkanes) is 1. The Labute approximate surface area is 150 Å². The third-order valence-corrected chi connectivity index (χ3v) is 7.03. The predicted molar refractivity (Wildman–Crippen MR) is 103 cm³/mol. The van der Waals surface area contributed by atoms with Crippen LogP contribution < -0.4 is 0 Å². The molecule has 2 atom stereocenters. The summed E-state index contributed by atoms with van der Waals surface area (Å²) in [6.07, 6.45) is 10.9. The molecule has 0 amide bonds. The molecule has 3 aliphatic rings. The highest BCUT2D eigenvalue weighted by Gasteiger charge is 2.53. The van der Waals surface area contributed by atoms with Crippen molar-refractivity contribution >= 4 is 16.6 Å². The van der Waals surface area contributed by atoms with Gasteiger partial charge in [-0.2, -0.15) is 0 Å². The van der Waals surface area contributed by atoms with Gasteiger partial charge in [-0.25, -0.2) is 0 Å². The van der Waals surface area contributed by atoms with Gasteiger partial charge in [-0.15, -0.1) is 0 Å². The van der Waals surface area contributed by atoms with Crippen molar-refractivity contribution in [3.8, 4) is 0 Å². The van der Waals surface area contributed by atoms with Crippen molar-refractivity contribution in [3.63, 3.8) is 0 Å². The van der Waals surface area contributed by atoms with Crippen molar-refractivity contribution in [3.05, 3.63) is 58.7 Å². The van der Waals surface area contributed by atoms with Gasteiger partial charge >= 0.3 is 0 Å². The molecule has 5 rings (SSSR count). The van der Waals surface area contributed by atoms with Crippen molar-refractivity contribution < 1.29 is 4.79 Å². The van der Waals surface area contributed by atoms with Gasteiger partial charge in [-0.05, 0) is 71.9 Å². The van der Waals surface area contributed by atoms with Crippen LogP contribution in [0.4, 0.5) is 0 Å². The van der Waals surface area contributed by atoms with Crippen LogP contribution >= 0.6 is 0 Å². The van der Waals surface area contributed by atoms with Crippen LogP contribution in [0, 0.1) is 11.3 Å². The summed E-state index contributed by atoms with van der Waals surface area (Å²) in [5.74, 6) is 1.09. The Balaban J connectivity index is 1.58. The predicted octanol–water partition coefficient (Wildman–Crippen LogP) is 5.58. The maximum Gasteiger partial charge on any atom is 0.144 e. The van der Waals surface area contributed by atoms with Crippen LogP contribution in [-0.2, 0) is 24.1 Å². The fourth-order valence-electron chi connectivity index (χ4n) is 5.62. The molecule has 0 heterocycles. The standard InChI is InChI=1S/C24H26O/c1-2-3-5-17-6-4-7-18-11-20-15-24(14-16-8-9-21(24)10-16)23(25)13-19(20)12-22(17)18/h4,6-8,11-12,21H,2-3,5,9-10,13-15H2,1H3. The van der Waals surface area contributed by atoms with E-state index in [1.807, 2.05) is 0 Å². The molecule has 2 aromatic rings. The van der Waals surface area contributed by atoms with Crippen LogP contribution in [0.15, 0.2) is 42.0 Å². The molecule has 0 aromatic heterocycles. The zero-order valence-electron chi connectivity index (χ0n) is 15.1. The van der Waals surface area contributed by atoms with E-state index in [1.54, 1.807) is 5.57 Å². The van der Waals surface area contributed by atoms with Crippen molar-refractivity contribution in [2.75, 3.05) is 0 Å². The number of allylic oxidation sites excluding steroid dienone is 2. The van der Waals surface area contributed by atoms with Crippen LogP contribution in [0.25, 0.3) is 10.8 Å². The normalized spacial score (nSPS) is 27.2. The fourth-order valence-corrected chi connectivity index (χ4v) is 5.62. The lowest BCUT2D eigenvalue weighted by atomic mass is 9.63. The first-order chi connectivity index (χ1) is 12.2. The highest BCUT2D eigenvalue weighted by atomic mass is 16.1. The molecule has 0 N–H and O–H groups in total. The number of carbonyl (C=O) groups excluding carboxylic acids is 1. The van der Waals surface area contributed by atoms with E-state index in [9.17, 15) is 4.79 Å². The average molecular weight is 330 g/mol. The number of hydrogen-bond acceptors (Lipinski definition) is 1. The molecule has 2 bridgehead atoms. The molecule has 1 heteroatoms. The molecular weight excluding hydrogens is 304 g/mol. The van der Waals surface area contributed by atoms with E-state index in [1.165, 1.54) is 46.7 Å². The Bertz CT molecular complexity index is 904. The maximum absolute atomic E-state index is 13.1. The number of benzene rings is 2. The van der Waals surface area contributed by atoms with E-state index in [0.29, 0.717) is 18.1 Å². The van der Waals surface area contributed by atoms with Crippen molar-refractivity contribution in [1.29, 1.82) is 0 Å². The zero-order valence-corrected chi connectivity index (χ0v) is 15.1.